The zero-order valence-electron chi connectivity index (χ0n) is 10.9. The van der Waals surface area contributed by atoms with Crippen molar-refractivity contribution in [2.24, 2.45) is 5.92 Å². The summed E-state index contributed by atoms with van der Waals surface area (Å²) in [4.78, 5) is 11.8. The summed E-state index contributed by atoms with van der Waals surface area (Å²) in [7, 11) is 1.57. The fourth-order valence-electron chi connectivity index (χ4n) is 2.50. The first kappa shape index (κ1) is 12.9. The van der Waals surface area contributed by atoms with Gasteiger partial charge in [-0.25, -0.2) is 0 Å². The zero-order chi connectivity index (χ0) is 12.8. The molecule has 0 aromatic heterocycles. The van der Waals surface area contributed by atoms with Gasteiger partial charge in [0.05, 0.1) is 7.11 Å². The number of rotatable bonds is 5. The number of benzene rings is 1. The molecule has 3 heteroatoms. The van der Waals surface area contributed by atoms with Gasteiger partial charge in [0.25, 0.3) is 0 Å². The maximum Gasteiger partial charge on any atom is 0.311 e. The molecule has 2 rings (SSSR count). The standard InChI is InChI=1S/C15H20O3/c1-17-13-8-4-5-9-14(13)18-15(16)11-10-12-6-2-3-7-12/h4-5,8-9,12H,2-3,6-7,10-11H2,1H3. The first-order valence-electron chi connectivity index (χ1n) is 6.63. The molecule has 1 fully saturated rings. The summed E-state index contributed by atoms with van der Waals surface area (Å²) in [6.45, 7) is 0. The highest BCUT2D eigenvalue weighted by Gasteiger charge is 2.17. The SMILES string of the molecule is COc1ccccc1OC(=O)CCC1CCCC1. The summed E-state index contributed by atoms with van der Waals surface area (Å²) in [6, 6.07) is 7.24. The molecule has 1 aliphatic rings. The maximum atomic E-state index is 11.8. The van der Waals surface area contributed by atoms with Crippen molar-refractivity contribution < 1.29 is 14.3 Å². The van der Waals surface area contributed by atoms with Crippen LogP contribution in [0, 0.1) is 5.92 Å². The molecule has 0 saturated heterocycles. The Morgan fingerprint density at radius 3 is 2.56 bits per heavy atom. The molecule has 0 N–H and O–H groups in total. The van der Waals surface area contributed by atoms with E-state index in [2.05, 4.69) is 0 Å². The van der Waals surface area contributed by atoms with Gasteiger partial charge in [0, 0.05) is 6.42 Å². The summed E-state index contributed by atoms with van der Waals surface area (Å²) in [5, 5.41) is 0. The van der Waals surface area contributed by atoms with E-state index in [4.69, 9.17) is 9.47 Å². The average molecular weight is 248 g/mol. The van der Waals surface area contributed by atoms with Gasteiger partial charge in [-0.2, -0.15) is 0 Å². The molecule has 3 nitrogen and oxygen atoms in total. The lowest BCUT2D eigenvalue weighted by atomic mass is 10.0. The second-order valence-corrected chi connectivity index (χ2v) is 4.81. The number of carbonyl (C=O) groups is 1. The highest BCUT2D eigenvalue weighted by Crippen LogP contribution is 2.30. The summed E-state index contributed by atoms with van der Waals surface area (Å²) < 4.78 is 10.5. The van der Waals surface area contributed by atoms with Crippen LogP contribution < -0.4 is 9.47 Å². The van der Waals surface area contributed by atoms with Crippen LogP contribution in [0.5, 0.6) is 11.5 Å². The van der Waals surface area contributed by atoms with E-state index in [0.717, 1.165) is 12.3 Å². The van der Waals surface area contributed by atoms with E-state index in [1.54, 1.807) is 19.2 Å². The number of hydrogen-bond donors (Lipinski definition) is 0. The predicted molar refractivity (Wildman–Crippen MR) is 69.8 cm³/mol. The maximum absolute atomic E-state index is 11.8. The molecule has 1 aromatic rings. The van der Waals surface area contributed by atoms with Gasteiger partial charge in [-0.15, -0.1) is 0 Å². The van der Waals surface area contributed by atoms with Crippen molar-refractivity contribution in [3.63, 3.8) is 0 Å². The van der Waals surface area contributed by atoms with E-state index in [9.17, 15) is 4.79 Å². The van der Waals surface area contributed by atoms with Gasteiger partial charge in [0.1, 0.15) is 0 Å². The number of para-hydroxylation sites is 2. The minimum atomic E-state index is -0.161. The van der Waals surface area contributed by atoms with Gasteiger partial charge in [-0.3, -0.25) is 4.79 Å². The lowest BCUT2D eigenvalue weighted by Gasteiger charge is -2.10. The van der Waals surface area contributed by atoms with Crippen molar-refractivity contribution in [1.29, 1.82) is 0 Å². The molecule has 0 atom stereocenters. The molecule has 0 bridgehead atoms. The minimum Gasteiger partial charge on any atom is -0.493 e. The van der Waals surface area contributed by atoms with Gasteiger partial charge in [-0.05, 0) is 24.5 Å². The summed E-state index contributed by atoms with van der Waals surface area (Å²) in [5.41, 5.74) is 0. The van der Waals surface area contributed by atoms with Gasteiger partial charge >= 0.3 is 5.97 Å². The molecule has 0 unspecified atom stereocenters. The Bertz CT molecular complexity index is 394. The van der Waals surface area contributed by atoms with Crippen LogP contribution in [-0.4, -0.2) is 13.1 Å². The Hall–Kier alpha value is -1.51. The summed E-state index contributed by atoms with van der Waals surface area (Å²) >= 11 is 0. The van der Waals surface area contributed by atoms with Gasteiger partial charge in [0.15, 0.2) is 11.5 Å². The average Bonchev–Trinajstić information content (AvgIpc) is 2.90. The van der Waals surface area contributed by atoms with Crippen LogP contribution in [-0.2, 0) is 4.79 Å². The Kier molecular flexibility index (Phi) is 4.62. The van der Waals surface area contributed by atoms with E-state index < -0.39 is 0 Å². The molecule has 0 radical (unpaired) electrons. The van der Waals surface area contributed by atoms with Crippen molar-refractivity contribution in [2.75, 3.05) is 7.11 Å². The summed E-state index contributed by atoms with van der Waals surface area (Å²) in [6.07, 6.45) is 6.61. The monoisotopic (exact) mass is 248 g/mol. The van der Waals surface area contributed by atoms with Crippen molar-refractivity contribution in [2.45, 2.75) is 38.5 Å². The molecule has 0 amide bonds. The van der Waals surface area contributed by atoms with Crippen molar-refractivity contribution in [3.8, 4) is 11.5 Å². The van der Waals surface area contributed by atoms with Crippen molar-refractivity contribution in [1.82, 2.24) is 0 Å². The molecule has 18 heavy (non-hydrogen) atoms. The fraction of sp³-hybridized carbons (Fsp3) is 0.533. The van der Waals surface area contributed by atoms with E-state index in [0.29, 0.717) is 17.9 Å². The molecular weight excluding hydrogens is 228 g/mol. The molecule has 0 heterocycles. The third kappa shape index (κ3) is 3.49. The molecule has 1 aromatic carbocycles. The smallest absolute Gasteiger partial charge is 0.311 e. The van der Waals surface area contributed by atoms with Crippen LogP contribution >= 0.6 is 0 Å². The third-order valence-electron chi connectivity index (χ3n) is 3.52. The number of ether oxygens (including phenoxy) is 2. The normalized spacial score (nSPS) is 15.6. The van der Waals surface area contributed by atoms with Gasteiger partial charge in [-0.1, -0.05) is 37.8 Å². The number of hydrogen-bond acceptors (Lipinski definition) is 3. The molecule has 0 spiro atoms. The number of esters is 1. The first-order chi connectivity index (χ1) is 8.79. The van der Waals surface area contributed by atoms with Crippen LogP contribution in [0.4, 0.5) is 0 Å². The quantitative estimate of drug-likeness (QED) is 0.590. The second kappa shape index (κ2) is 6.43. The Balaban J connectivity index is 1.82. The van der Waals surface area contributed by atoms with E-state index in [-0.39, 0.29) is 5.97 Å². The van der Waals surface area contributed by atoms with Crippen LogP contribution in [0.3, 0.4) is 0 Å². The van der Waals surface area contributed by atoms with Crippen LogP contribution in [0.15, 0.2) is 24.3 Å². The number of methoxy groups -OCH3 is 1. The van der Waals surface area contributed by atoms with E-state index in [1.165, 1.54) is 25.7 Å². The Labute approximate surface area is 108 Å². The van der Waals surface area contributed by atoms with Crippen molar-refractivity contribution in [3.05, 3.63) is 24.3 Å². The Morgan fingerprint density at radius 2 is 1.89 bits per heavy atom. The van der Waals surface area contributed by atoms with Gasteiger partial charge < -0.3 is 9.47 Å². The largest absolute Gasteiger partial charge is 0.493 e. The van der Waals surface area contributed by atoms with Crippen LogP contribution in [0.2, 0.25) is 0 Å². The molecule has 1 saturated carbocycles. The second-order valence-electron chi connectivity index (χ2n) is 4.81. The molecule has 98 valence electrons. The lowest BCUT2D eigenvalue weighted by molar-refractivity contribution is -0.134. The topological polar surface area (TPSA) is 35.5 Å². The molecule has 1 aliphatic carbocycles. The van der Waals surface area contributed by atoms with E-state index in [1.807, 2.05) is 12.1 Å². The summed E-state index contributed by atoms with van der Waals surface area (Å²) in [5.74, 6) is 1.67. The highest BCUT2D eigenvalue weighted by molar-refractivity contribution is 5.73. The fourth-order valence-corrected chi connectivity index (χ4v) is 2.50. The minimum absolute atomic E-state index is 0.161. The van der Waals surface area contributed by atoms with Crippen LogP contribution in [0.1, 0.15) is 38.5 Å². The molecular formula is C15H20O3. The predicted octanol–water partition coefficient (Wildman–Crippen LogP) is 3.57. The van der Waals surface area contributed by atoms with Gasteiger partial charge in [0.2, 0.25) is 0 Å². The zero-order valence-corrected chi connectivity index (χ0v) is 10.9. The lowest BCUT2D eigenvalue weighted by Crippen LogP contribution is -2.10. The molecule has 0 aliphatic heterocycles. The third-order valence-corrected chi connectivity index (χ3v) is 3.52. The highest BCUT2D eigenvalue weighted by atomic mass is 16.6. The van der Waals surface area contributed by atoms with Crippen LogP contribution in [0.25, 0.3) is 0 Å². The Morgan fingerprint density at radius 1 is 1.22 bits per heavy atom. The van der Waals surface area contributed by atoms with Crippen molar-refractivity contribution >= 4 is 5.97 Å². The first-order valence-corrected chi connectivity index (χ1v) is 6.63. The van der Waals surface area contributed by atoms with E-state index >= 15 is 0 Å². The number of carbonyl (C=O) groups excluding carboxylic acids is 1.